The lowest BCUT2D eigenvalue weighted by Gasteiger charge is -2.14. The topological polar surface area (TPSA) is 55.4 Å². The van der Waals surface area contributed by atoms with Crippen LogP contribution in [0.4, 0.5) is 18.9 Å². The van der Waals surface area contributed by atoms with Crippen LogP contribution in [-0.4, -0.2) is 18.5 Å². The van der Waals surface area contributed by atoms with E-state index in [0.29, 0.717) is 6.07 Å². The number of carbonyl (C=O) groups is 2. The smallest absolute Gasteiger partial charge is 0.418 e. The fraction of sp³-hybridized carbons (Fsp3) is 0.125. The summed E-state index contributed by atoms with van der Waals surface area (Å²) in [5.41, 5.74) is -1.71. The van der Waals surface area contributed by atoms with Crippen LogP contribution in [0.25, 0.3) is 0 Å². The summed E-state index contributed by atoms with van der Waals surface area (Å²) < 4.78 is 43.7. The normalized spacial score (nSPS) is 11.2. The molecule has 0 spiro atoms. The number of esters is 1. The van der Waals surface area contributed by atoms with Crippen molar-refractivity contribution in [3.05, 3.63) is 62.6 Å². The van der Waals surface area contributed by atoms with E-state index < -0.39 is 35.9 Å². The maximum Gasteiger partial charge on any atom is 0.418 e. The van der Waals surface area contributed by atoms with Crippen molar-refractivity contribution in [1.29, 1.82) is 0 Å². The van der Waals surface area contributed by atoms with E-state index in [0.717, 1.165) is 6.07 Å². The van der Waals surface area contributed by atoms with E-state index in [-0.39, 0.29) is 20.6 Å². The molecule has 0 radical (unpaired) electrons. The van der Waals surface area contributed by atoms with Gasteiger partial charge in [0.2, 0.25) is 0 Å². The first-order chi connectivity index (χ1) is 12.1. The minimum absolute atomic E-state index is 0.0527. The Kier molecular flexibility index (Phi) is 6.39. The van der Waals surface area contributed by atoms with E-state index >= 15 is 0 Å². The Morgan fingerprint density at radius 2 is 1.62 bits per heavy atom. The Bertz CT molecular complexity index is 856. The Labute approximate surface area is 160 Å². The van der Waals surface area contributed by atoms with Crippen molar-refractivity contribution in [1.82, 2.24) is 0 Å². The van der Waals surface area contributed by atoms with Crippen LogP contribution in [0.3, 0.4) is 0 Å². The second kappa shape index (κ2) is 8.16. The van der Waals surface area contributed by atoms with E-state index in [1.54, 1.807) is 0 Å². The molecule has 1 N–H and O–H groups in total. The lowest BCUT2D eigenvalue weighted by Crippen LogP contribution is -2.23. The Balaban J connectivity index is 2.06. The van der Waals surface area contributed by atoms with Crippen molar-refractivity contribution in [3.8, 4) is 0 Å². The molecular formula is C16H9Cl3F3NO3. The monoisotopic (exact) mass is 425 g/mol. The number of carbonyl (C=O) groups excluding carboxylic acids is 2. The molecule has 0 fully saturated rings. The molecule has 0 unspecified atom stereocenters. The van der Waals surface area contributed by atoms with Crippen LogP contribution in [-0.2, 0) is 15.7 Å². The van der Waals surface area contributed by atoms with Crippen molar-refractivity contribution in [2.45, 2.75) is 6.18 Å². The SMILES string of the molecule is O=C(COC(=O)c1cc(Cl)ccc1Cl)Nc1ccc(Cl)cc1C(F)(F)F. The molecule has 10 heteroatoms. The molecule has 2 aromatic carbocycles. The zero-order valence-corrected chi connectivity index (χ0v) is 14.9. The average molecular weight is 427 g/mol. The van der Waals surface area contributed by atoms with Gasteiger partial charge in [-0.15, -0.1) is 0 Å². The fourth-order valence-corrected chi connectivity index (χ4v) is 2.45. The van der Waals surface area contributed by atoms with Crippen molar-refractivity contribution in [3.63, 3.8) is 0 Å². The number of halogens is 6. The van der Waals surface area contributed by atoms with Crippen LogP contribution in [0.15, 0.2) is 36.4 Å². The molecule has 0 saturated heterocycles. The van der Waals surface area contributed by atoms with Crippen LogP contribution in [0.1, 0.15) is 15.9 Å². The molecule has 0 aromatic heterocycles. The summed E-state index contributed by atoms with van der Waals surface area (Å²) >= 11 is 17.1. The number of amides is 1. The lowest BCUT2D eigenvalue weighted by atomic mass is 10.1. The summed E-state index contributed by atoms with van der Waals surface area (Å²) in [4.78, 5) is 23.7. The van der Waals surface area contributed by atoms with Gasteiger partial charge in [0.15, 0.2) is 6.61 Å². The molecule has 0 heterocycles. The summed E-state index contributed by atoms with van der Waals surface area (Å²) in [6.07, 6.45) is -4.72. The number of alkyl halides is 3. The minimum Gasteiger partial charge on any atom is -0.452 e. The molecule has 2 aromatic rings. The molecular weight excluding hydrogens is 418 g/mol. The first kappa shape index (κ1) is 20.4. The molecule has 0 atom stereocenters. The van der Waals surface area contributed by atoms with Gasteiger partial charge in [-0.3, -0.25) is 4.79 Å². The van der Waals surface area contributed by atoms with Gasteiger partial charge >= 0.3 is 12.1 Å². The third-order valence-corrected chi connectivity index (χ3v) is 3.84. The van der Waals surface area contributed by atoms with Gasteiger partial charge in [0.1, 0.15) is 0 Å². The standard InChI is InChI=1S/C16H9Cl3F3NO3/c17-8-1-3-12(19)10(5-8)15(25)26-7-14(24)23-13-4-2-9(18)6-11(13)16(20,21)22/h1-6H,7H2,(H,23,24). The molecule has 1 amide bonds. The van der Waals surface area contributed by atoms with Gasteiger partial charge in [-0.05, 0) is 36.4 Å². The number of rotatable bonds is 4. The minimum atomic E-state index is -4.72. The first-order valence-corrected chi connectivity index (χ1v) is 8.00. The van der Waals surface area contributed by atoms with Crippen molar-refractivity contribution in [2.24, 2.45) is 0 Å². The molecule has 4 nitrogen and oxygen atoms in total. The Morgan fingerprint density at radius 3 is 2.27 bits per heavy atom. The maximum absolute atomic E-state index is 13.0. The van der Waals surface area contributed by atoms with Crippen molar-refractivity contribution in [2.75, 3.05) is 11.9 Å². The predicted molar refractivity (Wildman–Crippen MR) is 91.8 cm³/mol. The van der Waals surface area contributed by atoms with Gasteiger partial charge in [0.25, 0.3) is 5.91 Å². The zero-order chi connectivity index (χ0) is 19.5. The summed E-state index contributed by atoms with van der Waals surface area (Å²) in [7, 11) is 0. The summed E-state index contributed by atoms with van der Waals surface area (Å²) in [5, 5.41) is 2.16. The van der Waals surface area contributed by atoms with Crippen molar-refractivity contribution < 1.29 is 27.5 Å². The highest BCUT2D eigenvalue weighted by molar-refractivity contribution is 6.35. The second-order valence-electron chi connectivity index (χ2n) is 4.94. The summed E-state index contributed by atoms with van der Waals surface area (Å²) in [5.74, 6) is -1.91. The second-order valence-corrected chi connectivity index (χ2v) is 6.22. The maximum atomic E-state index is 13.0. The van der Waals surface area contributed by atoms with Gasteiger partial charge in [-0.25, -0.2) is 4.79 Å². The lowest BCUT2D eigenvalue weighted by molar-refractivity contribution is -0.137. The molecule has 138 valence electrons. The van der Waals surface area contributed by atoms with E-state index in [9.17, 15) is 22.8 Å². The molecule has 0 aliphatic heterocycles. The molecule has 2 rings (SSSR count). The summed E-state index contributed by atoms with van der Waals surface area (Å²) in [6, 6.07) is 6.92. The highest BCUT2D eigenvalue weighted by Crippen LogP contribution is 2.36. The summed E-state index contributed by atoms with van der Waals surface area (Å²) in [6.45, 7) is -0.818. The van der Waals surface area contributed by atoms with Crippen LogP contribution in [0, 0.1) is 0 Å². The molecule has 0 saturated carbocycles. The van der Waals surface area contributed by atoms with Gasteiger partial charge in [-0.2, -0.15) is 13.2 Å². The molecule has 0 aliphatic carbocycles. The predicted octanol–water partition coefficient (Wildman–Crippen LogP) is 5.46. The number of nitrogens with one attached hydrogen (secondary N) is 1. The molecule has 0 aliphatic rings. The van der Waals surface area contributed by atoms with Crippen molar-refractivity contribution >= 4 is 52.4 Å². The molecule has 26 heavy (non-hydrogen) atoms. The van der Waals surface area contributed by atoms with E-state index in [2.05, 4.69) is 0 Å². The van der Waals surface area contributed by atoms with Gasteiger partial charge < -0.3 is 10.1 Å². The van der Waals surface area contributed by atoms with Crippen LogP contribution < -0.4 is 5.32 Å². The number of anilines is 1. The number of benzene rings is 2. The third kappa shape index (κ3) is 5.27. The Hall–Kier alpha value is -1.96. The van der Waals surface area contributed by atoms with Crippen LogP contribution in [0.2, 0.25) is 15.1 Å². The van der Waals surface area contributed by atoms with Crippen LogP contribution >= 0.6 is 34.8 Å². The van der Waals surface area contributed by atoms with E-state index in [1.807, 2.05) is 5.32 Å². The van der Waals surface area contributed by atoms with E-state index in [4.69, 9.17) is 39.5 Å². The Morgan fingerprint density at radius 1 is 1.00 bits per heavy atom. The highest BCUT2D eigenvalue weighted by atomic mass is 35.5. The van der Waals surface area contributed by atoms with Gasteiger partial charge in [0.05, 0.1) is 21.8 Å². The zero-order valence-electron chi connectivity index (χ0n) is 12.7. The fourth-order valence-electron chi connectivity index (χ4n) is 1.91. The number of hydrogen-bond acceptors (Lipinski definition) is 3. The largest absolute Gasteiger partial charge is 0.452 e. The third-order valence-electron chi connectivity index (χ3n) is 3.04. The first-order valence-electron chi connectivity index (χ1n) is 6.86. The number of ether oxygens (including phenoxy) is 1. The van der Waals surface area contributed by atoms with Crippen LogP contribution in [0.5, 0.6) is 0 Å². The quantitative estimate of drug-likeness (QED) is 0.661. The average Bonchev–Trinajstić information content (AvgIpc) is 2.55. The molecule has 0 bridgehead atoms. The van der Waals surface area contributed by atoms with E-state index in [1.165, 1.54) is 24.3 Å². The highest BCUT2D eigenvalue weighted by Gasteiger charge is 2.34. The number of hydrogen-bond donors (Lipinski definition) is 1. The van der Waals surface area contributed by atoms with Gasteiger partial charge in [-0.1, -0.05) is 34.8 Å². The van der Waals surface area contributed by atoms with Gasteiger partial charge in [0, 0.05) is 10.0 Å².